The van der Waals surface area contributed by atoms with Gasteiger partial charge in [-0.15, -0.1) is 5.10 Å². The molecule has 0 spiro atoms. The molecule has 1 aliphatic heterocycles. The number of aromatic nitrogens is 3. The third-order valence-electron chi connectivity index (χ3n) is 8.73. The molecule has 1 amide bonds. The summed E-state index contributed by atoms with van der Waals surface area (Å²) in [5.41, 5.74) is 5.41. The molecule has 3 N–H and O–H groups in total. The fourth-order valence-electron chi connectivity index (χ4n) is 5.87. The van der Waals surface area contributed by atoms with Gasteiger partial charge >= 0.3 is 6.01 Å². The number of phenolic OH excluding ortho intramolecular Hbond substituents is 2. The molecule has 1 atom stereocenters. The van der Waals surface area contributed by atoms with Crippen LogP contribution in [0, 0.1) is 5.92 Å². The highest BCUT2D eigenvalue weighted by Gasteiger charge is 2.22. The Balaban J connectivity index is 1.20. The number of hydrogen-bond donors (Lipinski definition) is 3. The van der Waals surface area contributed by atoms with Gasteiger partial charge in [0.15, 0.2) is 5.82 Å². The molecule has 0 saturated carbocycles. The summed E-state index contributed by atoms with van der Waals surface area (Å²) < 4.78 is 1.51. The zero-order valence-corrected chi connectivity index (χ0v) is 25.3. The first kappa shape index (κ1) is 30.1. The van der Waals surface area contributed by atoms with Crippen LogP contribution in [0.2, 0.25) is 0 Å². The molecule has 1 aliphatic rings. The second-order valence-corrected chi connectivity index (χ2v) is 12.0. The van der Waals surface area contributed by atoms with Crippen molar-refractivity contribution in [2.45, 2.75) is 58.5 Å². The number of benzene rings is 3. The fourth-order valence-corrected chi connectivity index (χ4v) is 5.87. The maximum absolute atomic E-state index is 11.1. The van der Waals surface area contributed by atoms with Gasteiger partial charge in [0, 0.05) is 19.7 Å². The van der Waals surface area contributed by atoms with Crippen molar-refractivity contribution in [2.75, 3.05) is 20.1 Å². The van der Waals surface area contributed by atoms with E-state index in [4.69, 9.17) is 0 Å². The number of carbonyl (C=O) groups excluding carboxylic acids is 1. The maximum Gasteiger partial charge on any atom is 0.319 e. The summed E-state index contributed by atoms with van der Waals surface area (Å²) in [4.78, 5) is 15.2. The van der Waals surface area contributed by atoms with E-state index >= 15 is 0 Å². The van der Waals surface area contributed by atoms with Gasteiger partial charge < -0.3 is 20.2 Å². The number of carbonyl (C=O) groups is 1. The summed E-state index contributed by atoms with van der Waals surface area (Å²) in [6, 6.07) is 19.4. The van der Waals surface area contributed by atoms with E-state index in [1.807, 2.05) is 32.9 Å². The minimum Gasteiger partial charge on any atom is -0.508 e. The lowest BCUT2D eigenvalue weighted by atomic mass is 9.90. The van der Waals surface area contributed by atoms with E-state index in [2.05, 4.69) is 51.5 Å². The van der Waals surface area contributed by atoms with E-state index in [0.717, 1.165) is 50.9 Å². The zero-order valence-electron chi connectivity index (χ0n) is 25.3. The third-order valence-corrected chi connectivity index (χ3v) is 8.73. The highest BCUT2D eigenvalue weighted by molar-refractivity contribution is 5.69. The smallest absolute Gasteiger partial charge is 0.319 e. The van der Waals surface area contributed by atoms with E-state index < -0.39 is 0 Å². The monoisotopic (exact) mass is 583 g/mol. The molecule has 0 aliphatic carbocycles. The van der Waals surface area contributed by atoms with Gasteiger partial charge in [-0.2, -0.15) is 0 Å². The first-order valence-corrected chi connectivity index (χ1v) is 14.9. The van der Waals surface area contributed by atoms with Crippen molar-refractivity contribution in [3.05, 3.63) is 82.9 Å². The van der Waals surface area contributed by atoms with Gasteiger partial charge in [-0.05, 0) is 91.6 Å². The van der Waals surface area contributed by atoms with Crippen LogP contribution in [0.15, 0.2) is 60.7 Å². The molecular weight excluding hydrogens is 542 g/mol. The SMILES string of the molecule is CC(C)c1cc(-c2nnc(O)n2-c2ccc(CC3CCN(Cc4ccc(C(C)N(C)C=O)cc4)CC3)cc2)c(O)cc1O. The topological polar surface area (TPSA) is 115 Å². The minimum atomic E-state index is -0.272. The Hall–Kier alpha value is -4.37. The Morgan fingerprint density at radius 2 is 1.56 bits per heavy atom. The zero-order chi connectivity index (χ0) is 30.7. The van der Waals surface area contributed by atoms with Gasteiger partial charge in [0.05, 0.1) is 17.3 Å². The van der Waals surface area contributed by atoms with Gasteiger partial charge in [0.25, 0.3) is 0 Å². The Morgan fingerprint density at radius 3 is 2.19 bits per heavy atom. The molecule has 2 heterocycles. The predicted molar refractivity (Wildman–Crippen MR) is 166 cm³/mol. The number of aromatic hydroxyl groups is 3. The van der Waals surface area contributed by atoms with Crippen LogP contribution >= 0.6 is 0 Å². The number of rotatable bonds is 10. The summed E-state index contributed by atoms with van der Waals surface area (Å²) >= 11 is 0. The van der Waals surface area contributed by atoms with Gasteiger partial charge in [0.2, 0.25) is 6.41 Å². The maximum atomic E-state index is 11.1. The summed E-state index contributed by atoms with van der Waals surface area (Å²) in [6.07, 6.45) is 4.12. The molecule has 0 radical (unpaired) electrons. The molecule has 1 aromatic heterocycles. The van der Waals surface area contributed by atoms with E-state index in [9.17, 15) is 20.1 Å². The summed E-state index contributed by atoms with van der Waals surface area (Å²) in [5.74, 6) is 0.826. The Bertz CT molecular complexity index is 1540. The molecular formula is C34H41N5O4. The second-order valence-electron chi connectivity index (χ2n) is 12.0. The normalized spacial score (nSPS) is 15.1. The van der Waals surface area contributed by atoms with Crippen molar-refractivity contribution in [2.24, 2.45) is 5.92 Å². The summed E-state index contributed by atoms with van der Waals surface area (Å²) in [7, 11) is 1.80. The van der Waals surface area contributed by atoms with E-state index in [1.54, 1.807) is 18.0 Å². The Morgan fingerprint density at radius 1 is 0.907 bits per heavy atom. The third kappa shape index (κ3) is 6.67. The van der Waals surface area contributed by atoms with E-state index in [-0.39, 0.29) is 29.5 Å². The molecule has 1 unspecified atom stereocenters. The van der Waals surface area contributed by atoms with Crippen molar-refractivity contribution in [1.29, 1.82) is 0 Å². The highest BCUT2D eigenvalue weighted by Crippen LogP contribution is 2.39. The first-order chi connectivity index (χ1) is 20.6. The predicted octanol–water partition coefficient (Wildman–Crippen LogP) is 5.78. The van der Waals surface area contributed by atoms with Crippen LogP contribution in [0.25, 0.3) is 17.1 Å². The van der Waals surface area contributed by atoms with Crippen LogP contribution < -0.4 is 0 Å². The van der Waals surface area contributed by atoms with Gasteiger partial charge in [-0.3, -0.25) is 9.69 Å². The Kier molecular flexibility index (Phi) is 9.01. The Labute approximate surface area is 253 Å². The number of likely N-dealkylation sites (tertiary alicyclic amines) is 1. The number of nitrogens with zero attached hydrogens (tertiary/aromatic N) is 5. The van der Waals surface area contributed by atoms with Crippen molar-refractivity contribution >= 4 is 6.41 Å². The van der Waals surface area contributed by atoms with Crippen LogP contribution in [0.4, 0.5) is 0 Å². The standard InChI is InChI=1S/C34H41N5O4/c1-22(2)29-18-30(32(42)19-31(29)41)33-35-36-34(43)39(33)28-11-7-24(8-12-28)17-25-13-15-38(16-14-25)20-26-5-9-27(10-6-26)23(3)37(4)21-40/h5-12,18-19,21-23,25,41-42H,13-17,20H2,1-4H3,(H,36,43). The second kappa shape index (κ2) is 12.9. The van der Waals surface area contributed by atoms with Crippen molar-refractivity contribution in [1.82, 2.24) is 24.6 Å². The van der Waals surface area contributed by atoms with Gasteiger partial charge in [0.1, 0.15) is 11.5 Å². The molecule has 5 rings (SSSR count). The lowest BCUT2D eigenvalue weighted by Gasteiger charge is -2.32. The van der Waals surface area contributed by atoms with Crippen LogP contribution in [-0.2, 0) is 17.8 Å². The number of phenols is 2. The molecule has 9 nitrogen and oxygen atoms in total. The molecule has 226 valence electrons. The van der Waals surface area contributed by atoms with E-state index in [1.165, 1.54) is 21.8 Å². The molecule has 1 saturated heterocycles. The summed E-state index contributed by atoms with van der Waals surface area (Å²) in [5, 5.41) is 39.4. The largest absolute Gasteiger partial charge is 0.508 e. The first-order valence-electron chi connectivity index (χ1n) is 14.9. The average molecular weight is 584 g/mol. The van der Waals surface area contributed by atoms with Gasteiger partial charge in [-0.1, -0.05) is 55.3 Å². The van der Waals surface area contributed by atoms with Gasteiger partial charge in [-0.25, -0.2) is 4.57 Å². The van der Waals surface area contributed by atoms with Crippen molar-refractivity contribution < 1.29 is 20.1 Å². The molecule has 4 aromatic rings. The number of amides is 1. The molecule has 9 heteroatoms. The highest BCUT2D eigenvalue weighted by atomic mass is 16.3. The van der Waals surface area contributed by atoms with Crippen LogP contribution in [0.3, 0.4) is 0 Å². The molecule has 1 fully saturated rings. The minimum absolute atomic E-state index is 0.0191. The van der Waals surface area contributed by atoms with Crippen LogP contribution in [0.5, 0.6) is 17.5 Å². The quantitative estimate of drug-likeness (QED) is 0.203. The lowest BCUT2D eigenvalue weighted by molar-refractivity contribution is -0.118. The molecule has 3 aromatic carbocycles. The van der Waals surface area contributed by atoms with E-state index in [0.29, 0.717) is 28.6 Å². The molecule has 43 heavy (non-hydrogen) atoms. The van der Waals surface area contributed by atoms with Crippen LogP contribution in [-0.4, -0.2) is 66.4 Å². The molecule has 0 bridgehead atoms. The van der Waals surface area contributed by atoms with Crippen molar-refractivity contribution in [3.63, 3.8) is 0 Å². The van der Waals surface area contributed by atoms with Crippen molar-refractivity contribution in [3.8, 4) is 34.6 Å². The summed E-state index contributed by atoms with van der Waals surface area (Å²) in [6.45, 7) is 8.99. The lowest BCUT2D eigenvalue weighted by Crippen LogP contribution is -2.33. The number of piperidine rings is 1. The number of hydrogen-bond acceptors (Lipinski definition) is 7. The fraction of sp³-hybridized carbons (Fsp3) is 0.382. The van der Waals surface area contributed by atoms with Crippen LogP contribution in [0.1, 0.15) is 67.8 Å². The average Bonchev–Trinajstić information content (AvgIpc) is 3.38.